The number of nitrogens with one attached hydrogen (secondary N) is 2. The summed E-state index contributed by atoms with van der Waals surface area (Å²) < 4.78 is 10.7. The zero-order chi connectivity index (χ0) is 16.4. The fourth-order valence-electron chi connectivity index (χ4n) is 2.95. The number of hydrogen-bond donors (Lipinski definition) is 2. The van der Waals surface area contributed by atoms with Gasteiger partial charge in [0.05, 0.1) is 13.1 Å². The van der Waals surface area contributed by atoms with E-state index in [2.05, 4.69) is 11.4 Å². The van der Waals surface area contributed by atoms with Crippen LogP contribution in [0, 0.1) is 17.2 Å². The van der Waals surface area contributed by atoms with Crippen LogP contribution >= 0.6 is 0 Å². The number of ether oxygens (including phenoxy) is 2. The van der Waals surface area contributed by atoms with Gasteiger partial charge in [-0.05, 0) is 43.9 Å². The molecule has 0 spiro atoms. The van der Waals surface area contributed by atoms with Crippen molar-refractivity contribution in [3.63, 3.8) is 0 Å². The number of quaternary nitrogens is 1. The molecule has 23 heavy (non-hydrogen) atoms. The number of hydrogen-bond acceptors (Lipinski definition) is 4. The molecule has 3 rings (SSSR count). The second-order valence-corrected chi connectivity index (χ2v) is 6.63. The smallest absolute Gasteiger partial charge is 0.276 e. The summed E-state index contributed by atoms with van der Waals surface area (Å²) in [5.74, 6) is 1.73. The summed E-state index contributed by atoms with van der Waals surface area (Å²) >= 11 is 0. The predicted octanol–water partition coefficient (Wildman–Crippen LogP) is 0.238. The summed E-state index contributed by atoms with van der Waals surface area (Å²) in [5, 5.41) is 12.2. The maximum atomic E-state index is 12.2. The van der Waals surface area contributed by atoms with Crippen molar-refractivity contribution in [2.75, 3.05) is 20.4 Å². The molecule has 0 aromatic heterocycles. The van der Waals surface area contributed by atoms with Gasteiger partial charge in [0.15, 0.2) is 18.0 Å². The van der Waals surface area contributed by atoms with Gasteiger partial charge in [0.1, 0.15) is 12.1 Å². The molecule has 6 heteroatoms. The zero-order valence-corrected chi connectivity index (χ0v) is 13.5. The molecule has 1 aliphatic carbocycles. The average Bonchev–Trinajstić information content (AvgIpc) is 3.26. The van der Waals surface area contributed by atoms with Crippen LogP contribution in [0.1, 0.15) is 25.3 Å². The van der Waals surface area contributed by atoms with E-state index in [4.69, 9.17) is 9.47 Å². The van der Waals surface area contributed by atoms with Gasteiger partial charge < -0.3 is 19.7 Å². The molecule has 1 aliphatic heterocycles. The molecule has 0 bridgehead atoms. The average molecular weight is 316 g/mol. The number of nitriles is 1. The van der Waals surface area contributed by atoms with Crippen LogP contribution in [-0.4, -0.2) is 31.8 Å². The molecule has 1 aromatic rings. The third-order valence-electron chi connectivity index (χ3n) is 4.43. The lowest BCUT2D eigenvalue weighted by molar-refractivity contribution is -0.885. The van der Waals surface area contributed by atoms with Crippen LogP contribution in [-0.2, 0) is 11.3 Å². The number of carbonyl (C=O) groups is 1. The highest BCUT2D eigenvalue weighted by Crippen LogP contribution is 2.39. The molecule has 0 saturated heterocycles. The number of amides is 1. The molecule has 2 N–H and O–H groups in total. The van der Waals surface area contributed by atoms with Crippen molar-refractivity contribution in [3.8, 4) is 17.6 Å². The summed E-state index contributed by atoms with van der Waals surface area (Å²) in [5.41, 5.74) is 0.362. The van der Waals surface area contributed by atoms with Crippen LogP contribution in [0.15, 0.2) is 18.2 Å². The van der Waals surface area contributed by atoms with Crippen LogP contribution < -0.4 is 19.7 Å². The first-order valence-corrected chi connectivity index (χ1v) is 7.92. The van der Waals surface area contributed by atoms with Gasteiger partial charge in [-0.15, -0.1) is 0 Å². The maximum Gasteiger partial charge on any atom is 0.276 e. The Kier molecular flexibility index (Phi) is 4.14. The fourth-order valence-corrected chi connectivity index (χ4v) is 2.95. The Hall–Kier alpha value is -2.26. The van der Waals surface area contributed by atoms with Gasteiger partial charge in [0, 0.05) is 5.56 Å². The van der Waals surface area contributed by atoms with Crippen LogP contribution in [0.5, 0.6) is 11.5 Å². The lowest BCUT2D eigenvalue weighted by atomic mass is 9.98. The molecule has 1 aromatic carbocycles. The van der Waals surface area contributed by atoms with E-state index in [1.165, 1.54) is 0 Å². The van der Waals surface area contributed by atoms with Gasteiger partial charge in [-0.1, -0.05) is 0 Å². The van der Waals surface area contributed by atoms with Crippen molar-refractivity contribution < 1.29 is 19.2 Å². The van der Waals surface area contributed by atoms with Crippen molar-refractivity contribution in [2.45, 2.75) is 31.8 Å². The normalized spacial score (nSPS) is 19.5. The van der Waals surface area contributed by atoms with Crippen molar-refractivity contribution in [1.82, 2.24) is 5.32 Å². The highest BCUT2D eigenvalue weighted by Gasteiger charge is 2.43. The minimum absolute atomic E-state index is 0.0841. The quantitative estimate of drug-likeness (QED) is 0.788. The van der Waals surface area contributed by atoms with E-state index < -0.39 is 5.54 Å². The molecule has 1 saturated carbocycles. The number of carbonyl (C=O) groups excluding carboxylic acids is 1. The van der Waals surface area contributed by atoms with Gasteiger partial charge in [-0.25, -0.2) is 0 Å². The highest BCUT2D eigenvalue weighted by molar-refractivity contribution is 5.78. The summed E-state index contributed by atoms with van der Waals surface area (Å²) in [6, 6.07) is 8.08. The number of benzene rings is 1. The second kappa shape index (κ2) is 6.09. The summed E-state index contributed by atoms with van der Waals surface area (Å²) in [4.78, 5) is 13.3. The summed E-state index contributed by atoms with van der Waals surface area (Å²) in [6.45, 7) is 3.11. The van der Waals surface area contributed by atoms with Gasteiger partial charge in [-0.2, -0.15) is 5.26 Å². The largest absolute Gasteiger partial charge is 0.454 e. The van der Waals surface area contributed by atoms with Gasteiger partial charge in [0.2, 0.25) is 6.79 Å². The Morgan fingerprint density at radius 1 is 1.43 bits per heavy atom. The Balaban J connectivity index is 1.53. The van der Waals surface area contributed by atoms with Crippen LogP contribution in [0.4, 0.5) is 0 Å². The molecule has 0 radical (unpaired) electrons. The first-order valence-electron chi connectivity index (χ1n) is 7.92. The van der Waals surface area contributed by atoms with Crippen molar-refractivity contribution >= 4 is 5.91 Å². The Labute approximate surface area is 136 Å². The van der Waals surface area contributed by atoms with Crippen LogP contribution in [0.2, 0.25) is 0 Å². The van der Waals surface area contributed by atoms with E-state index in [1.807, 2.05) is 32.2 Å². The Bertz CT molecular complexity index is 651. The molecule has 1 fully saturated rings. The molecule has 2 atom stereocenters. The van der Waals surface area contributed by atoms with Gasteiger partial charge in [-0.3, -0.25) is 4.79 Å². The third kappa shape index (κ3) is 3.57. The first kappa shape index (κ1) is 15.6. The molecular formula is C17H22N3O3+. The number of likely N-dealkylation sites (N-methyl/N-ethyl adjacent to an activating group) is 1. The zero-order valence-electron chi connectivity index (χ0n) is 13.5. The lowest BCUT2D eigenvalue weighted by Gasteiger charge is -2.23. The van der Waals surface area contributed by atoms with Crippen molar-refractivity contribution in [1.29, 1.82) is 5.26 Å². The molecule has 122 valence electrons. The molecule has 6 nitrogen and oxygen atoms in total. The maximum absolute atomic E-state index is 12.2. The highest BCUT2D eigenvalue weighted by atomic mass is 16.7. The van der Waals surface area contributed by atoms with Crippen molar-refractivity contribution in [2.24, 2.45) is 5.92 Å². The Morgan fingerprint density at radius 2 is 2.17 bits per heavy atom. The number of nitrogens with zero attached hydrogens (tertiary/aromatic N) is 1. The minimum atomic E-state index is -0.726. The van der Waals surface area contributed by atoms with Gasteiger partial charge in [0.25, 0.3) is 5.91 Å². The van der Waals surface area contributed by atoms with E-state index in [0.29, 0.717) is 19.0 Å². The standard InChI is InChI=1S/C17H21N3O3/c1-17(10-18,13-4-5-13)19-16(21)9-20(2)8-12-3-6-14-15(7-12)23-11-22-14/h3,6-7,13H,4-5,8-9,11H2,1-2H3,(H,19,21)/p+1/t17-/m0/s1. The van der Waals surface area contributed by atoms with Crippen molar-refractivity contribution in [3.05, 3.63) is 23.8 Å². The second-order valence-electron chi connectivity index (χ2n) is 6.63. The summed E-state index contributed by atoms with van der Waals surface area (Å²) in [6.07, 6.45) is 2.04. The first-order chi connectivity index (χ1) is 11.0. The fraction of sp³-hybridized carbons (Fsp3) is 0.529. The minimum Gasteiger partial charge on any atom is -0.454 e. The van der Waals surface area contributed by atoms with E-state index in [1.54, 1.807) is 0 Å². The molecule has 1 unspecified atom stereocenters. The summed E-state index contributed by atoms with van der Waals surface area (Å²) in [7, 11) is 1.96. The van der Waals surface area contributed by atoms with E-state index >= 15 is 0 Å². The monoisotopic (exact) mass is 316 g/mol. The molecule has 1 amide bonds. The lowest BCUT2D eigenvalue weighted by Crippen LogP contribution is -3.09. The van der Waals surface area contributed by atoms with E-state index in [0.717, 1.165) is 34.8 Å². The Morgan fingerprint density at radius 3 is 2.87 bits per heavy atom. The number of fused-ring (bicyclic) bond motifs is 1. The number of rotatable bonds is 6. The third-order valence-corrected chi connectivity index (χ3v) is 4.43. The van der Waals surface area contributed by atoms with E-state index in [-0.39, 0.29) is 12.7 Å². The molecule has 2 aliphatic rings. The van der Waals surface area contributed by atoms with Crippen LogP contribution in [0.25, 0.3) is 0 Å². The SMILES string of the molecule is C[NH+](CC(=O)N[C@@](C)(C#N)C1CC1)Cc1ccc2c(c1)OCO2. The molecule has 1 heterocycles. The van der Waals surface area contributed by atoms with Gasteiger partial charge >= 0.3 is 0 Å². The molecular weight excluding hydrogens is 294 g/mol. The van der Waals surface area contributed by atoms with Crippen LogP contribution in [0.3, 0.4) is 0 Å². The topological polar surface area (TPSA) is 75.8 Å². The predicted molar refractivity (Wildman–Crippen MR) is 82.9 cm³/mol. The van der Waals surface area contributed by atoms with E-state index in [9.17, 15) is 10.1 Å².